The van der Waals surface area contributed by atoms with E-state index in [1.54, 1.807) is 18.2 Å². The van der Waals surface area contributed by atoms with Gasteiger partial charge in [-0.05, 0) is 36.8 Å². The van der Waals surface area contributed by atoms with Crippen LogP contribution in [0.1, 0.15) is 12.0 Å². The van der Waals surface area contributed by atoms with Crippen molar-refractivity contribution in [1.29, 1.82) is 0 Å². The monoisotopic (exact) mass is 460 g/mol. The number of halogens is 5. The van der Waals surface area contributed by atoms with Crippen LogP contribution in [0.2, 0.25) is 5.02 Å². The fourth-order valence-electron chi connectivity index (χ4n) is 2.53. The Balaban J connectivity index is 2.16. The zero-order valence-corrected chi connectivity index (χ0v) is 16.1. The molecule has 2 aromatic carbocycles. The molecule has 3 aromatic rings. The number of ether oxygens (including phenoxy) is 1. The summed E-state index contributed by atoms with van der Waals surface area (Å²) in [5, 5.41) is 1.17. The van der Waals surface area contributed by atoms with E-state index >= 15 is 0 Å². The summed E-state index contributed by atoms with van der Waals surface area (Å²) in [6.07, 6.45) is -3.91. The molecular formula is C19H13BrClF3O3. The van der Waals surface area contributed by atoms with Crippen LogP contribution in [0.5, 0.6) is 5.75 Å². The summed E-state index contributed by atoms with van der Waals surface area (Å²) >= 11 is 9.34. The van der Waals surface area contributed by atoms with E-state index in [1.165, 1.54) is 12.1 Å². The van der Waals surface area contributed by atoms with Crippen LogP contribution in [0.3, 0.4) is 0 Å². The molecule has 1 heterocycles. The van der Waals surface area contributed by atoms with E-state index in [1.807, 2.05) is 0 Å². The molecule has 0 radical (unpaired) electrons. The Morgan fingerprint density at radius 3 is 2.63 bits per heavy atom. The highest BCUT2D eigenvalue weighted by Crippen LogP contribution is 2.38. The minimum absolute atomic E-state index is 0.0136. The number of rotatable bonds is 5. The lowest BCUT2D eigenvalue weighted by Gasteiger charge is -2.14. The van der Waals surface area contributed by atoms with E-state index in [0.29, 0.717) is 17.1 Å². The number of fused-ring (bicyclic) bond motifs is 1. The topological polar surface area (TPSA) is 39.4 Å². The lowest BCUT2D eigenvalue weighted by atomic mass is 10.1. The Bertz CT molecular complexity index is 1030. The van der Waals surface area contributed by atoms with E-state index in [-0.39, 0.29) is 39.7 Å². The summed E-state index contributed by atoms with van der Waals surface area (Å²) in [5.74, 6) is 0.0727. The van der Waals surface area contributed by atoms with Crippen molar-refractivity contribution in [2.24, 2.45) is 0 Å². The Labute approximate surface area is 165 Å². The summed E-state index contributed by atoms with van der Waals surface area (Å²) in [7, 11) is 0. The summed E-state index contributed by atoms with van der Waals surface area (Å²) in [4.78, 5) is 12.4. The van der Waals surface area contributed by atoms with Gasteiger partial charge in [0.15, 0.2) is 11.0 Å². The molecule has 27 heavy (non-hydrogen) atoms. The van der Waals surface area contributed by atoms with Crippen LogP contribution in [-0.4, -0.2) is 11.9 Å². The van der Waals surface area contributed by atoms with E-state index in [0.717, 1.165) is 12.1 Å². The van der Waals surface area contributed by atoms with Gasteiger partial charge >= 0.3 is 6.18 Å². The molecule has 3 nitrogen and oxygen atoms in total. The van der Waals surface area contributed by atoms with Crippen LogP contribution in [-0.2, 0) is 6.18 Å². The first-order valence-electron chi connectivity index (χ1n) is 7.94. The molecule has 0 aliphatic carbocycles. The average Bonchev–Trinajstić information content (AvgIpc) is 2.62. The second kappa shape index (κ2) is 7.94. The van der Waals surface area contributed by atoms with Gasteiger partial charge in [0.1, 0.15) is 11.5 Å². The van der Waals surface area contributed by atoms with Gasteiger partial charge in [0.05, 0.1) is 28.1 Å². The van der Waals surface area contributed by atoms with E-state index in [4.69, 9.17) is 20.8 Å². The molecule has 8 heteroatoms. The van der Waals surface area contributed by atoms with Crippen molar-refractivity contribution in [2.45, 2.75) is 12.6 Å². The molecule has 0 unspecified atom stereocenters. The third kappa shape index (κ3) is 4.30. The zero-order valence-electron chi connectivity index (χ0n) is 13.8. The first-order valence-corrected chi connectivity index (χ1v) is 9.44. The van der Waals surface area contributed by atoms with Gasteiger partial charge < -0.3 is 9.15 Å². The molecule has 1 aromatic heterocycles. The number of para-hydroxylation sites is 1. The Morgan fingerprint density at radius 2 is 1.93 bits per heavy atom. The molecule has 0 atom stereocenters. The van der Waals surface area contributed by atoms with Gasteiger partial charge in [-0.15, -0.1) is 0 Å². The van der Waals surface area contributed by atoms with Gasteiger partial charge in [-0.25, -0.2) is 0 Å². The number of hydrogen-bond donors (Lipinski definition) is 0. The summed E-state index contributed by atoms with van der Waals surface area (Å²) in [5.41, 5.74) is -0.772. The molecule has 0 fully saturated rings. The van der Waals surface area contributed by atoms with Gasteiger partial charge in [0.25, 0.3) is 0 Å². The molecule has 142 valence electrons. The Kier molecular flexibility index (Phi) is 5.81. The van der Waals surface area contributed by atoms with Crippen molar-refractivity contribution in [3.8, 4) is 17.1 Å². The molecule has 0 saturated carbocycles. The van der Waals surface area contributed by atoms with Crippen LogP contribution in [0.25, 0.3) is 22.3 Å². The molecule has 0 N–H and O–H groups in total. The SMILES string of the molecule is O=c1cc(-c2ccc(C(F)(F)F)cc2OCCCBr)oc2c(Cl)cccc12. The highest BCUT2D eigenvalue weighted by molar-refractivity contribution is 9.09. The third-order valence-electron chi connectivity index (χ3n) is 3.82. The minimum Gasteiger partial charge on any atom is -0.493 e. The second-order valence-corrected chi connectivity index (χ2v) is 6.89. The van der Waals surface area contributed by atoms with Crippen LogP contribution < -0.4 is 10.2 Å². The van der Waals surface area contributed by atoms with Crippen molar-refractivity contribution in [3.05, 3.63) is 63.3 Å². The lowest BCUT2D eigenvalue weighted by Crippen LogP contribution is -2.07. The third-order valence-corrected chi connectivity index (χ3v) is 4.67. The lowest BCUT2D eigenvalue weighted by molar-refractivity contribution is -0.137. The van der Waals surface area contributed by atoms with Crippen LogP contribution in [0, 0.1) is 0 Å². The average molecular weight is 462 g/mol. The smallest absolute Gasteiger partial charge is 0.416 e. The predicted molar refractivity (Wildman–Crippen MR) is 102 cm³/mol. The van der Waals surface area contributed by atoms with Crippen molar-refractivity contribution >= 4 is 38.5 Å². The first kappa shape index (κ1) is 19.8. The van der Waals surface area contributed by atoms with Crippen molar-refractivity contribution < 1.29 is 22.3 Å². The van der Waals surface area contributed by atoms with Crippen molar-refractivity contribution in [2.75, 3.05) is 11.9 Å². The maximum atomic E-state index is 13.1. The number of benzene rings is 2. The molecule has 0 aliphatic rings. The quantitative estimate of drug-likeness (QED) is 0.331. The van der Waals surface area contributed by atoms with Gasteiger partial charge in [0.2, 0.25) is 0 Å². The van der Waals surface area contributed by atoms with Crippen molar-refractivity contribution in [1.82, 2.24) is 0 Å². The van der Waals surface area contributed by atoms with E-state index in [9.17, 15) is 18.0 Å². The Morgan fingerprint density at radius 1 is 1.15 bits per heavy atom. The molecule has 0 spiro atoms. The zero-order chi connectivity index (χ0) is 19.6. The molecule has 3 rings (SSSR count). The van der Waals surface area contributed by atoms with E-state index < -0.39 is 11.7 Å². The first-order chi connectivity index (χ1) is 12.8. The fourth-order valence-corrected chi connectivity index (χ4v) is 2.98. The molecule has 0 saturated heterocycles. The second-order valence-electron chi connectivity index (χ2n) is 5.69. The van der Waals surface area contributed by atoms with Crippen molar-refractivity contribution in [3.63, 3.8) is 0 Å². The molecule has 0 amide bonds. The van der Waals surface area contributed by atoms with Crippen LogP contribution in [0.4, 0.5) is 13.2 Å². The van der Waals surface area contributed by atoms with Crippen LogP contribution >= 0.6 is 27.5 Å². The summed E-state index contributed by atoms with van der Waals surface area (Å²) in [6.45, 7) is 0.206. The van der Waals surface area contributed by atoms with Gasteiger partial charge in [-0.2, -0.15) is 13.2 Å². The predicted octanol–water partition coefficient (Wildman–Crippen LogP) is 6.30. The molecule has 0 aliphatic heterocycles. The Hall–Kier alpha value is -1.99. The minimum atomic E-state index is -4.51. The largest absolute Gasteiger partial charge is 0.493 e. The number of alkyl halides is 4. The van der Waals surface area contributed by atoms with Crippen LogP contribution in [0.15, 0.2) is 51.7 Å². The highest BCUT2D eigenvalue weighted by atomic mass is 79.9. The van der Waals surface area contributed by atoms with Gasteiger partial charge in [0, 0.05) is 11.4 Å². The maximum Gasteiger partial charge on any atom is 0.416 e. The maximum absolute atomic E-state index is 13.1. The summed E-state index contributed by atoms with van der Waals surface area (Å²) < 4.78 is 50.4. The summed E-state index contributed by atoms with van der Waals surface area (Å²) in [6, 6.07) is 9.03. The molecule has 0 bridgehead atoms. The highest BCUT2D eigenvalue weighted by Gasteiger charge is 2.31. The van der Waals surface area contributed by atoms with E-state index in [2.05, 4.69) is 15.9 Å². The number of hydrogen-bond acceptors (Lipinski definition) is 3. The standard InChI is InChI=1S/C19H13BrClF3O3/c20-7-2-8-26-16-9-11(19(22,23)24)5-6-13(16)17-10-15(25)12-3-1-4-14(21)18(12)27-17/h1,3-6,9-10H,2,7-8H2. The fraction of sp³-hybridized carbons (Fsp3) is 0.211. The van der Waals surface area contributed by atoms with Gasteiger partial charge in [-0.3, -0.25) is 4.79 Å². The molecular weight excluding hydrogens is 449 g/mol. The van der Waals surface area contributed by atoms with Gasteiger partial charge in [-0.1, -0.05) is 33.6 Å². The normalized spacial score (nSPS) is 11.7.